The lowest BCUT2D eigenvalue weighted by atomic mass is 9.94. The zero-order chi connectivity index (χ0) is 46.3. The van der Waals surface area contributed by atoms with Crippen molar-refractivity contribution in [3.63, 3.8) is 0 Å². The number of rotatable bonds is 18. The Hall–Kier alpha value is -5.30. The van der Waals surface area contributed by atoms with Crippen LogP contribution in [0, 0.1) is 5.41 Å². The van der Waals surface area contributed by atoms with Crippen LogP contribution in [-0.2, 0) is 76.8 Å². The van der Waals surface area contributed by atoms with E-state index >= 15 is 0 Å². The van der Waals surface area contributed by atoms with E-state index in [4.69, 9.17) is 87.6 Å². The second kappa shape index (κ2) is 23.8. The topological polar surface area (TPSA) is 216 Å². The van der Waals surface area contributed by atoms with Gasteiger partial charge in [-0.1, -0.05) is 149 Å². The van der Waals surface area contributed by atoms with Crippen molar-refractivity contribution in [2.45, 2.75) is 91.9 Å². The maximum Gasteiger partial charge on any atom is 0.338 e. The van der Waals surface area contributed by atoms with Crippen LogP contribution >= 0.6 is 34.8 Å². The van der Waals surface area contributed by atoms with Crippen molar-refractivity contribution in [3.05, 3.63) is 154 Å². The molecule has 1 unspecified atom stereocenters. The number of methoxy groups -OCH3 is 1. The third-order valence-corrected chi connectivity index (χ3v) is 10.6. The number of benzene rings is 4. The summed E-state index contributed by atoms with van der Waals surface area (Å²) in [5, 5.41) is 12.5. The fourth-order valence-electron chi connectivity index (χ4n) is 6.99. The number of carbonyl (C=O) groups excluding carboxylic acids is 3. The van der Waals surface area contributed by atoms with Crippen LogP contribution in [0.5, 0.6) is 0 Å². The molecule has 20 heteroatoms. The van der Waals surface area contributed by atoms with Gasteiger partial charge < -0.3 is 47.4 Å². The smallest absolute Gasteiger partial charge is 0.338 e. The third-order valence-electron chi connectivity index (χ3n) is 10.1. The fourth-order valence-corrected chi connectivity index (χ4v) is 7.13. The molecule has 0 spiro atoms. The molecule has 2 heterocycles. The first-order chi connectivity index (χ1) is 31.4. The van der Waals surface area contributed by atoms with Gasteiger partial charge in [0.15, 0.2) is 18.5 Å². The minimum atomic E-state index is -2.44. The summed E-state index contributed by atoms with van der Waals surface area (Å²) in [5.74, 6) is -3.53. The normalized spacial score (nSPS) is 25.3. The molecule has 0 radical (unpaired) electrons. The zero-order valence-corrected chi connectivity index (χ0v) is 37.2. The number of ether oxygens (including phenoxy) is 10. The molecule has 2 aliphatic rings. The van der Waals surface area contributed by atoms with Gasteiger partial charge in [-0.25, -0.2) is 9.59 Å². The average Bonchev–Trinajstić information content (AvgIpc) is 3.31. The van der Waals surface area contributed by atoms with Gasteiger partial charge in [0, 0.05) is 11.8 Å². The van der Waals surface area contributed by atoms with Crippen LogP contribution in [0.2, 0.25) is 0 Å². The molecule has 0 aliphatic carbocycles. The molecule has 65 heavy (non-hydrogen) atoms. The summed E-state index contributed by atoms with van der Waals surface area (Å²) in [6, 6.07) is 33.7. The lowest BCUT2D eigenvalue weighted by Crippen LogP contribution is -2.67. The van der Waals surface area contributed by atoms with Crippen LogP contribution < -0.4 is 0 Å². The monoisotopic (exact) mass is 954 g/mol. The molecule has 1 N–H and O–H groups in total. The Morgan fingerprint density at radius 1 is 0.692 bits per heavy atom. The first kappa shape index (κ1) is 49.1. The van der Waals surface area contributed by atoms with Gasteiger partial charge in [0.2, 0.25) is 12.2 Å². The van der Waals surface area contributed by atoms with Gasteiger partial charge in [0.25, 0.3) is 3.79 Å². The highest BCUT2D eigenvalue weighted by atomic mass is 35.6. The standard InChI is InChI=1S/C45H45Cl3N4O13/c1-27(53)57-26-32-34(58-23-28-15-7-3-8-16-28)35(59-24-29-17-9-4-10-18-29)33(51-52-50)42(61-32)63-37-36(60-25-30-19-11-5-12-20-30)39(62-40(54)31-21-13-6-14-22-31)43(64-38(37)41(55)56-2)65-44(49)45(46,47)48/h3-22,32-39,42-43,49H,23-26H2,1-2H3/t32-,33-,34-,35-,36+,37+,38-,39-,42-,43?/m1/s1. The van der Waals surface area contributed by atoms with E-state index in [0.29, 0.717) is 5.56 Å². The number of nitrogens with one attached hydrogen (secondary N) is 1. The predicted octanol–water partition coefficient (Wildman–Crippen LogP) is 7.58. The minimum absolute atomic E-state index is 0.00696. The first-order valence-electron chi connectivity index (χ1n) is 20.1. The van der Waals surface area contributed by atoms with E-state index in [1.54, 1.807) is 48.5 Å². The molecule has 6 rings (SSSR count). The molecule has 17 nitrogen and oxygen atoms in total. The summed E-state index contributed by atoms with van der Waals surface area (Å²) in [4.78, 5) is 43.1. The fraction of sp³-hybridized carbons (Fsp3) is 0.378. The van der Waals surface area contributed by atoms with E-state index in [9.17, 15) is 19.9 Å². The SMILES string of the molecule is COC(=O)[C@@H]1OC(OC(=N)C(Cl)(Cl)Cl)[C@H](OC(=O)c2ccccc2)[C@@H](OCc2ccccc2)[C@@H]1O[C@H]1O[C@H](COC(C)=O)[C@@H](OCc2ccccc2)[C@H](OCc2ccccc2)[C@H]1N=[N+]=[N-]. The number of esters is 3. The van der Waals surface area contributed by atoms with Crippen molar-refractivity contribution in [2.75, 3.05) is 13.7 Å². The number of carbonyl (C=O) groups is 3. The maximum absolute atomic E-state index is 13.9. The van der Waals surface area contributed by atoms with Crippen LogP contribution in [0.15, 0.2) is 126 Å². The second-order valence-corrected chi connectivity index (χ2v) is 16.8. The molecule has 2 fully saturated rings. The number of nitrogens with zero attached hydrogens (tertiary/aromatic N) is 3. The molecule has 0 aromatic heterocycles. The Morgan fingerprint density at radius 2 is 1.20 bits per heavy atom. The van der Waals surface area contributed by atoms with Crippen molar-refractivity contribution in [1.82, 2.24) is 0 Å². The molecule has 2 saturated heterocycles. The van der Waals surface area contributed by atoms with E-state index in [1.165, 1.54) is 19.1 Å². The van der Waals surface area contributed by atoms with Crippen molar-refractivity contribution >= 4 is 58.6 Å². The van der Waals surface area contributed by atoms with Crippen molar-refractivity contribution in [1.29, 1.82) is 5.41 Å². The van der Waals surface area contributed by atoms with Gasteiger partial charge in [-0.3, -0.25) is 10.2 Å². The highest BCUT2D eigenvalue weighted by molar-refractivity contribution is 6.76. The summed E-state index contributed by atoms with van der Waals surface area (Å²) in [5.41, 5.74) is 12.4. The van der Waals surface area contributed by atoms with Crippen molar-refractivity contribution in [3.8, 4) is 0 Å². The summed E-state index contributed by atoms with van der Waals surface area (Å²) < 4.78 is 58.9. The lowest BCUT2D eigenvalue weighted by molar-refractivity contribution is -0.341. The van der Waals surface area contributed by atoms with E-state index < -0.39 is 88.9 Å². The number of halogens is 3. The highest BCUT2D eigenvalue weighted by Gasteiger charge is 2.58. The highest BCUT2D eigenvalue weighted by Crippen LogP contribution is 2.38. The second-order valence-electron chi connectivity index (χ2n) is 14.6. The van der Waals surface area contributed by atoms with E-state index in [0.717, 1.165) is 18.2 Å². The van der Waals surface area contributed by atoms with Gasteiger partial charge in [0.1, 0.15) is 43.2 Å². The van der Waals surface area contributed by atoms with E-state index in [-0.39, 0.29) is 32.0 Å². The summed E-state index contributed by atoms with van der Waals surface area (Å²) >= 11 is 18.1. The van der Waals surface area contributed by atoms with Gasteiger partial charge in [-0.2, -0.15) is 0 Å². The van der Waals surface area contributed by atoms with Crippen LogP contribution in [0.4, 0.5) is 0 Å². The molecule has 0 bridgehead atoms. The number of azide groups is 1. The molecular weight excluding hydrogens is 911 g/mol. The van der Waals surface area contributed by atoms with Crippen LogP contribution in [0.1, 0.15) is 34.0 Å². The van der Waals surface area contributed by atoms with E-state index in [1.807, 2.05) is 60.7 Å². The number of alkyl halides is 3. The lowest BCUT2D eigenvalue weighted by Gasteiger charge is -2.48. The van der Waals surface area contributed by atoms with Crippen LogP contribution in [0.3, 0.4) is 0 Å². The molecule has 4 aromatic carbocycles. The van der Waals surface area contributed by atoms with Gasteiger partial charge >= 0.3 is 17.9 Å². The average molecular weight is 956 g/mol. The van der Waals surface area contributed by atoms with Gasteiger partial charge in [0.05, 0.1) is 32.5 Å². The molecule has 2 aliphatic heterocycles. The molecular formula is C45H45Cl3N4O13. The Bertz CT molecular complexity index is 2220. The first-order valence-corrected chi connectivity index (χ1v) is 21.3. The van der Waals surface area contributed by atoms with Crippen LogP contribution in [-0.4, -0.2) is 103 Å². The summed E-state index contributed by atoms with van der Waals surface area (Å²) in [6.07, 6.45) is -13.7. The zero-order valence-electron chi connectivity index (χ0n) is 34.9. The molecule has 344 valence electrons. The summed E-state index contributed by atoms with van der Waals surface area (Å²) in [7, 11) is 1.08. The third kappa shape index (κ3) is 13.6. The van der Waals surface area contributed by atoms with Crippen molar-refractivity contribution < 1.29 is 61.8 Å². The Morgan fingerprint density at radius 3 is 1.69 bits per heavy atom. The predicted molar refractivity (Wildman–Crippen MR) is 234 cm³/mol. The molecule has 0 amide bonds. The molecule has 0 saturated carbocycles. The Balaban J connectivity index is 1.45. The number of hydrogen-bond donors (Lipinski definition) is 1. The Labute approximate surface area is 389 Å². The van der Waals surface area contributed by atoms with E-state index in [2.05, 4.69) is 10.0 Å². The minimum Gasteiger partial charge on any atom is -0.467 e. The Kier molecular flexibility index (Phi) is 18.0. The molecule has 4 aromatic rings. The van der Waals surface area contributed by atoms with Crippen LogP contribution in [0.25, 0.3) is 10.4 Å². The largest absolute Gasteiger partial charge is 0.467 e. The maximum atomic E-state index is 13.9. The molecule has 10 atom stereocenters. The summed E-state index contributed by atoms with van der Waals surface area (Å²) in [6.45, 7) is 0.694. The number of hydrogen-bond acceptors (Lipinski definition) is 15. The van der Waals surface area contributed by atoms with Gasteiger partial charge in [-0.05, 0) is 34.4 Å². The van der Waals surface area contributed by atoms with Gasteiger partial charge in [-0.15, -0.1) is 0 Å². The van der Waals surface area contributed by atoms with Crippen molar-refractivity contribution in [2.24, 2.45) is 5.11 Å². The quantitative estimate of drug-likeness (QED) is 0.0149.